The molecule has 0 aliphatic heterocycles. The average molecular weight is 467 g/mol. The van der Waals surface area contributed by atoms with E-state index in [1.165, 1.54) is 6.92 Å². The fourth-order valence-corrected chi connectivity index (χ4v) is 3.84. The first-order valence-electron chi connectivity index (χ1n) is 10.4. The number of aromatic nitrogens is 1. The lowest BCUT2D eigenvalue weighted by atomic mass is 10.1. The molecular formula is C25H26N2O5S. The predicted octanol–water partition coefficient (Wildman–Crippen LogP) is 3.83. The summed E-state index contributed by atoms with van der Waals surface area (Å²) in [6.45, 7) is 3.78. The van der Waals surface area contributed by atoms with Gasteiger partial charge in [-0.05, 0) is 61.4 Å². The average Bonchev–Trinajstić information content (AvgIpc) is 3.19. The van der Waals surface area contributed by atoms with E-state index in [4.69, 9.17) is 4.74 Å². The minimum atomic E-state index is -3.66. The first-order chi connectivity index (χ1) is 15.7. The van der Waals surface area contributed by atoms with E-state index in [0.717, 1.165) is 5.56 Å². The van der Waals surface area contributed by atoms with Crippen LogP contribution in [0.15, 0.2) is 66.9 Å². The summed E-state index contributed by atoms with van der Waals surface area (Å²) in [7, 11) is -2.09. The molecule has 1 amide bonds. The molecule has 1 N–H and O–H groups in total. The van der Waals surface area contributed by atoms with Crippen molar-refractivity contribution in [1.82, 2.24) is 9.29 Å². The third-order valence-electron chi connectivity index (χ3n) is 5.05. The monoisotopic (exact) mass is 466 g/mol. The topological polar surface area (TPSA) is 94.5 Å². The Morgan fingerprint density at radius 2 is 1.79 bits per heavy atom. The Kier molecular flexibility index (Phi) is 7.50. The molecule has 0 fully saturated rings. The van der Waals surface area contributed by atoms with Gasteiger partial charge in [-0.15, -0.1) is 0 Å². The Hall–Kier alpha value is -3.65. The van der Waals surface area contributed by atoms with Crippen LogP contribution in [0.3, 0.4) is 0 Å². The Labute approximate surface area is 193 Å². The standard InChI is InChI=1S/C25H26N2O5S/c1-4-33(30,31)26-25(29)22-10-6-5-8-19(22)9-7-15-27-17-18(2)16-23(27)24(28)20-11-13-21(32-3)14-12-20/h5-14,16-17H,4,15H2,1-3H3,(H,26,29)/b9-7+. The van der Waals surface area contributed by atoms with Crippen LogP contribution < -0.4 is 9.46 Å². The zero-order valence-corrected chi connectivity index (χ0v) is 19.6. The minimum absolute atomic E-state index is 0.108. The second-order valence-corrected chi connectivity index (χ2v) is 9.45. The molecule has 3 aromatic rings. The lowest BCUT2D eigenvalue weighted by Gasteiger charge is -2.08. The van der Waals surface area contributed by atoms with Crippen molar-refractivity contribution in [3.8, 4) is 5.75 Å². The van der Waals surface area contributed by atoms with E-state index in [2.05, 4.69) is 4.72 Å². The van der Waals surface area contributed by atoms with Crippen molar-refractivity contribution in [2.75, 3.05) is 12.9 Å². The van der Waals surface area contributed by atoms with E-state index in [-0.39, 0.29) is 17.1 Å². The molecule has 0 aliphatic rings. The molecule has 3 rings (SSSR count). The van der Waals surface area contributed by atoms with Crippen molar-refractivity contribution in [3.05, 3.63) is 94.8 Å². The number of allylic oxidation sites excluding steroid dienone is 1. The fourth-order valence-electron chi connectivity index (χ4n) is 3.30. The number of carbonyl (C=O) groups excluding carboxylic acids is 2. The van der Waals surface area contributed by atoms with Crippen molar-refractivity contribution < 1.29 is 22.7 Å². The predicted molar refractivity (Wildman–Crippen MR) is 128 cm³/mol. The van der Waals surface area contributed by atoms with Crippen molar-refractivity contribution >= 4 is 27.8 Å². The summed E-state index contributed by atoms with van der Waals surface area (Å²) in [6, 6.07) is 15.5. The summed E-state index contributed by atoms with van der Waals surface area (Å²) >= 11 is 0. The molecular weight excluding hydrogens is 440 g/mol. The Morgan fingerprint density at radius 1 is 1.09 bits per heavy atom. The summed E-state index contributed by atoms with van der Waals surface area (Å²) in [5.41, 5.74) is 2.88. The van der Waals surface area contributed by atoms with Crippen LogP contribution in [0, 0.1) is 6.92 Å². The number of amides is 1. The van der Waals surface area contributed by atoms with Crippen LogP contribution in [0.4, 0.5) is 0 Å². The SMILES string of the molecule is CCS(=O)(=O)NC(=O)c1ccccc1/C=C/Cn1cc(C)cc1C(=O)c1ccc(OC)cc1. The first kappa shape index (κ1) is 24.0. The van der Waals surface area contributed by atoms with Crippen LogP contribution >= 0.6 is 0 Å². The molecule has 33 heavy (non-hydrogen) atoms. The number of methoxy groups -OCH3 is 1. The van der Waals surface area contributed by atoms with Crippen LogP contribution in [0.2, 0.25) is 0 Å². The number of hydrogen-bond donors (Lipinski definition) is 1. The number of benzene rings is 2. The van der Waals surface area contributed by atoms with Crippen LogP contribution in [0.25, 0.3) is 6.08 Å². The molecule has 0 unspecified atom stereocenters. The second-order valence-electron chi connectivity index (χ2n) is 7.44. The quantitative estimate of drug-likeness (QED) is 0.484. The molecule has 0 saturated heterocycles. The largest absolute Gasteiger partial charge is 0.497 e. The number of carbonyl (C=O) groups is 2. The summed E-state index contributed by atoms with van der Waals surface area (Å²) in [6.07, 6.45) is 5.45. The lowest BCUT2D eigenvalue weighted by Crippen LogP contribution is -2.32. The highest BCUT2D eigenvalue weighted by Crippen LogP contribution is 2.18. The summed E-state index contributed by atoms with van der Waals surface area (Å²) < 4.78 is 32.6. The molecule has 8 heteroatoms. The van der Waals surface area contributed by atoms with E-state index >= 15 is 0 Å². The van der Waals surface area contributed by atoms with Gasteiger partial charge in [0.05, 0.1) is 18.6 Å². The highest BCUT2D eigenvalue weighted by molar-refractivity contribution is 7.90. The number of ketones is 1. The number of hydrogen-bond acceptors (Lipinski definition) is 5. The van der Waals surface area contributed by atoms with Gasteiger partial charge in [-0.2, -0.15) is 0 Å². The zero-order valence-electron chi connectivity index (χ0n) is 18.7. The van der Waals surface area contributed by atoms with Gasteiger partial charge in [0, 0.05) is 23.9 Å². The maximum Gasteiger partial charge on any atom is 0.265 e. The van der Waals surface area contributed by atoms with Gasteiger partial charge in [-0.25, -0.2) is 13.1 Å². The molecule has 0 atom stereocenters. The molecule has 1 heterocycles. The number of ether oxygens (including phenoxy) is 1. The Balaban J connectivity index is 1.81. The number of nitrogens with one attached hydrogen (secondary N) is 1. The van der Waals surface area contributed by atoms with Crippen LogP contribution in [-0.4, -0.2) is 37.5 Å². The minimum Gasteiger partial charge on any atom is -0.497 e. The normalized spacial score (nSPS) is 11.5. The number of sulfonamides is 1. The third-order valence-corrected chi connectivity index (χ3v) is 6.31. The number of aryl methyl sites for hydroxylation is 1. The molecule has 0 aliphatic carbocycles. The van der Waals surface area contributed by atoms with Crippen molar-refractivity contribution in [1.29, 1.82) is 0 Å². The highest BCUT2D eigenvalue weighted by Gasteiger charge is 2.16. The molecule has 0 saturated carbocycles. The molecule has 0 radical (unpaired) electrons. The van der Waals surface area contributed by atoms with Gasteiger partial charge in [0.1, 0.15) is 5.75 Å². The third kappa shape index (κ3) is 5.98. The molecule has 0 bridgehead atoms. The molecule has 172 valence electrons. The molecule has 0 spiro atoms. The summed E-state index contributed by atoms with van der Waals surface area (Å²) in [4.78, 5) is 25.5. The first-order valence-corrected chi connectivity index (χ1v) is 12.0. The van der Waals surface area contributed by atoms with Crippen LogP contribution in [0.1, 0.15) is 44.5 Å². The van der Waals surface area contributed by atoms with E-state index in [0.29, 0.717) is 29.1 Å². The van der Waals surface area contributed by atoms with Gasteiger partial charge >= 0.3 is 0 Å². The van der Waals surface area contributed by atoms with Crippen molar-refractivity contribution in [2.24, 2.45) is 0 Å². The number of nitrogens with zero attached hydrogens (tertiary/aromatic N) is 1. The lowest BCUT2D eigenvalue weighted by molar-refractivity contribution is 0.0980. The summed E-state index contributed by atoms with van der Waals surface area (Å²) in [5, 5.41) is 0. The zero-order chi connectivity index (χ0) is 24.0. The van der Waals surface area contributed by atoms with E-state index in [1.807, 2.05) is 29.8 Å². The van der Waals surface area contributed by atoms with E-state index < -0.39 is 15.9 Å². The van der Waals surface area contributed by atoms with Crippen LogP contribution in [0.5, 0.6) is 5.75 Å². The van der Waals surface area contributed by atoms with Crippen molar-refractivity contribution in [2.45, 2.75) is 20.4 Å². The van der Waals surface area contributed by atoms with Gasteiger partial charge < -0.3 is 9.30 Å². The van der Waals surface area contributed by atoms with Gasteiger partial charge in [0.25, 0.3) is 5.91 Å². The maximum atomic E-state index is 13.0. The fraction of sp³-hybridized carbons (Fsp3) is 0.200. The van der Waals surface area contributed by atoms with Gasteiger partial charge in [0.15, 0.2) is 0 Å². The Bertz CT molecular complexity index is 1290. The Morgan fingerprint density at radius 3 is 2.45 bits per heavy atom. The van der Waals surface area contributed by atoms with Gasteiger partial charge in [-0.1, -0.05) is 30.4 Å². The van der Waals surface area contributed by atoms with Crippen LogP contribution in [-0.2, 0) is 16.6 Å². The number of rotatable bonds is 9. The highest BCUT2D eigenvalue weighted by atomic mass is 32.2. The smallest absolute Gasteiger partial charge is 0.265 e. The molecule has 1 aromatic heterocycles. The van der Waals surface area contributed by atoms with E-state index in [9.17, 15) is 18.0 Å². The molecule has 2 aromatic carbocycles. The summed E-state index contributed by atoms with van der Waals surface area (Å²) in [5.74, 6) is -0.294. The molecule has 7 nitrogen and oxygen atoms in total. The van der Waals surface area contributed by atoms with Crippen molar-refractivity contribution in [3.63, 3.8) is 0 Å². The maximum absolute atomic E-state index is 13.0. The van der Waals surface area contributed by atoms with Gasteiger partial charge in [0.2, 0.25) is 15.8 Å². The van der Waals surface area contributed by atoms with E-state index in [1.54, 1.807) is 61.7 Å². The second kappa shape index (κ2) is 10.3. The van der Waals surface area contributed by atoms with Gasteiger partial charge in [-0.3, -0.25) is 9.59 Å².